The summed E-state index contributed by atoms with van der Waals surface area (Å²) in [5, 5.41) is 3.36. The van der Waals surface area contributed by atoms with E-state index in [9.17, 15) is 18.0 Å². The summed E-state index contributed by atoms with van der Waals surface area (Å²) >= 11 is 12.7. The summed E-state index contributed by atoms with van der Waals surface area (Å²) in [6.45, 7) is -0.642. The number of amides is 2. The van der Waals surface area contributed by atoms with Crippen molar-refractivity contribution in [1.29, 1.82) is 0 Å². The molecule has 0 unspecified atom stereocenters. The average Bonchev–Trinajstić information content (AvgIpc) is 3.02. The van der Waals surface area contributed by atoms with Crippen molar-refractivity contribution in [3.63, 3.8) is 0 Å². The van der Waals surface area contributed by atoms with Crippen molar-refractivity contribution in [2.75, 3.05) is 25.0 Å². The van der Waals surface area contributed by atoms with Crippen LogP contribution in [0.3, 0.4) is 0 Å². The standard InChI is InChI=1S/C32H31Cl2N3O5S/c1-35-32(39)30(19-23-9-4-3-5-10-23)36(21-24-11-6-7-14-29(24)34)31(38)22-37(26-13-8-12-25(33)20-26)43(40,41)28-17-15-27(42-2)16-18-28/h3-18,20,30H,19,21-22H2,1-2H3,(H,35,39)/t30-/m0/s1. The van der Waals surface area contributed by atoms with E-state index in [0.29, 0.717) is 21.4 Å². The van der Waals surface area contributed by atoms with Crippen LogP contribution in [0.25, 0.3) is 0 Å². The molecular formula is C32H31Cl2N3O5S. The number of hydrogen-bond donors (Lipinski definition) is 1. The zero-order chi connectivity index (χ0) is 31.0. The van der Waals surface area contributed by atoms with Crippen LogP contribution in [0, 0.1) is 0 Å². The van der Waals surface area contributed by atoms with Gasteiger partial charge in [-0.3, -0.25) is 13.9 Å². The lowest BCUT2D eigenvalue weighted by Crippen LogP contribution is -2.53. The van der Waals surface area contributed by atoms with Crippen molar-refractivity contribution >= 4 is 50.7 Å². The molecule has 0 aliphatic rings. The van der Waals surface area contributed by atoms with Gasteiger partial charge in [-0.25, -0.2) is 8.42 Å². The highest BCUT2D eigenvalue weighted by atomic mass is 35.5. The topological polar surface area (TPSA) is 96.0 Å². The van der Waals surface area contributed by atoms with Gasteiger partial charge in [-0.15, -0.1) is 0 Å². The fraction of sp³-hybridized carbons (Fsp3) is 0.188. The molecule has 4 aromatic carbocycles. The van der Waals surface area contributed by atoms with E-state index in [1.165, 1.54) is 49.4 Å². The molecule has 0 saturated heterocycles. The van der Waals surface area contributed by atoms with Crippen molar-refractivity contribution in [3.05, 3.63) is 124 Å². The number of rotatable bonds is 12. The van der Waals surface area contributed by atoms with E-state index in [0.717, 1.165) is 9.87 Å². The van der Waals surface area contributed by atoms with E-state index in [1.807, 2.05) is 30.3 Å². The summed E-state index contributed by atoms with van der Waals surface area (Å²) < 4.78 is 34.2. The van der Waals surface area contributed by atoms with Gasteiger partial charge in [-0.05, 0) is 59.7 Å². The molecular weight excluding hydrogens is 609 g/mol. The molecule has 1 N–H and O–H groups in total. The van der Waals surface area contributed by atoms with Crippen molar-refractivity contribution in [1.82, 2.24) is 10.2 Å². The second kappa shape index (κ2) is 14.4. The molecule has 0 aliphatic heterocycles. The van der Waals surface area contributed by atoms with Gasteiger partial charge in [0.1, 0.15) is 18.3 Å². The van der Waals surface area contributed by atoms with E-state index in [1.54, 1.807) is 42.5 Å². The summed E-state index contributed by atoms with van der Waals surface area (Å²) in [6, 6.07) is 27.4. The molecule has 0 radical (unpaired) electrons. The maximum absolute atomic E-state index is 14.3. The number of likely N-dealkylation sites (N-methyl/N-ethyl adjacent to an activating group) is 1. The van der Waals surface area contributed by atoms with Crippen LogP contribution in [0.15, 0.2) is 108 Å². The van der Waals surface area contributed by atoms with Crippen LogP contribution >= 0.6 is 23.2 Å². The number of benzene rings is 4. The monoisotopic (exact) mass is 639 g/mol. The Labute approximate surface area is 261 Å². The first kappa shape index (κ1) is 31.9. The highest BCUT2D eigenvalue weighted by molar-refractivity contribution is 7.92. The number of nitrogens with zero attached hydrogens (tertiary/aromatic N) is 2. The Kier molecular flexibility index (Phi) is 10.7. The third-order valence-electron chi connectivity index (χ3n) is 6.84. The van der Waals surface area contributed by atoms with Crippen LogP contribution in [0.5, 0.6) is 5.75 Å². The summed E-state index contributed by atoms with van der Waals surface area (Å²) in [5.74, 6) is -0.539. The predicted molar refractivity (Wildman–Crippen MR) is 169 cm³/mol. The summed E-state index contributed by atoms with van der Waals surface area (Å²) in [5.41, 5.74) is 1.62. The number of nitrogens with one attached hydrogen (secondary N) is 1. The molecule has 0 heterocycles. The maximum atomic E-state index is 14.3. The molecule has 11 heteroatoms. The van der Waals surface area contributed by atoms with Crippen LogP contribution in [-0.2, 0) is 32.6 Å². The van der Waals surface area contributed by atoms with Gasteiger partial charge in [-0.1, -0.05) is 77.8 Å². The molecule has 4 rings (SSSR count). The fourth-order valence-electron chi connectivity index (χ4n) is 4.57. The van der Waals surface area contributed by atoms with E-state index in [4.69, 9.17) is 27.9 Å². The molecule has 0 spiro atoms. The smallest absolute Gasteiger partial charge is 0.264 e. The summed E-state index contributed by atoms with van der Waals surface area (Å²) in [7, 11) is -1.30. The molecule has 0 fully saturated rings. The molecule has 0 aromatic heterocycles. The minimum Gasteiger partial charge on any atom is -0.497 e. The third-order valence-corrected chi connectivity index (χ3v) is 9.23. The largest absolute Gasteiger partial charge is 0.497 e. The number of anilines is 1. The molecule has 0 bridgehead atoms. The van der Waals surface area contributed by atoms with E-state index >= 15 is 0 Å². The van der Waals surface area contributed by atoms with Crippen LogP contribution in [0.4, 0.5) is 5.69 Å². The number of sulfonamides is 1. The second-order valence-corrected chi connectivity index (χ2v) is 12.3. The first-order valence-corrected chi connectivity index (χ1v) is 15.5. The number of methoxy groups -OCH3 is 1. The van der Waals surface area contributed by atoms with Crippen LogP contribution < -0.4 is 14.4 Å². The quantitative estimate of drug-likeness (QED) is 0.218. The number of carbonyl (C=O) groups excluding carboxylic acids is 2. The van der Waals surface area contributed by atoms with Gasteiger partial charge >= 0.3 is 0 Å². The van der Waals surface area contributed by atoms with Crippen LogP contribution in [0.2, 0.25) is 10.0 Å². The van der Waals surface area contributed by atoms with Gasteiger partial charge in [0.05, 0.1) is 17.7 Å². The Hall–Kier alpha value is -4.05. The fourth-order valence-corrected chi connectivity index (χ4v) is 6.35. The second-order valence-electron chi connectivity index (χ2n) is 9.60. The van der Waals surface area contributed by atoms with Gasteiger partial charge in [0, 0.05) is 30.1 Å². The Morgan fingerprint density at radius 2 is 1.56 bits per heavy atom. The molecule has 8 nitrogen and oxygen atoms in total. The zero-order valence-corrected chi connectivity index (χ0v) is 25.9. The lowest BCUT2D eigenvalue weighted by atomic mass is 10.0. The van der Waals surface area contributed by atoms with Gasteiger partial charge in [0.25, 0.3) is 10.0 Å². The van der Waals surface area contributed by atoms with E-state index in [-0.39, 0.29) is 23.5 Å². The SMILES string of the molecule is CNC(=O)[C@H](Cc1ccccc1)N(Cc1ccccc1Cl)C(=O)CN(c1cccc(Cl)c1)S(=O)(=O)c1ccc(OC)cc1. The summed E-state index contributed by atoms with van der Waals surface area (Å²) in [4.78, 5) is 28.9. The highest BCUT2D eigenvalue weighted by Gasteiger charge is 2.34. The highest BCUT2D eigenvalue weighted by Crippen LogP contribution is 2.28. The molecule has 4 aromatic rings. The predicted octanol–water partition coefficient (Wildman–Crippen LogP) is 5.58. The lowest BCUT2D eigenvalue weighted by Gasteiger charge is -2.33. The van der Waals surface area contributed by atoms with Crippen molar-refractivity contribution in [2.45, 2.75) is 23.9 Å². The minimum atomic E-state index is -4.27. The third kappa shape index (κ3) is 7.87. The first-order chi connectivity index (χ1) is 20.6. The van der Waals surface area contributed by atoms with E-state index in [2.05, 4.69) is 5.32 Å². The van der Waals surface area contributed by atoms with Gasteiger partial charge in [0.2, 0.25) is 11.8 Å². The van der Waals surface area contributed by atoms with Crippen LogP contribution in [0.1, 0.15) is 11.1 Å². The van der Waals surface area contributed by atoms with E-state index < -0.39 is 34.4 Å². The van der Waals surface area contributed by atoms with Gasteiger partial charge in [0.15, 0.2) is 0 Å². The number of carbonyl (C=O) groups is 2. The number of hydrogen-bond acceptors (Lipinski definition) is 5. The molecule has 43 heavy (non-hydrogen) atoms. The van der Waals surface area contributed by atoms with Crippen molar-refractivity contribution in [2.24, 2.45) is 0 Å². The normalized spacial score (nSPS) is 11.8. The zero-order valence-electron chi connectivity index (χ0n) is 23.6. The van der Waals surface area contributed by atoms with Gasteiger partial charge < -0.3 is 15.0 Å². The van der Waals surface area contributed by atoms with Crippen LogP contribution in [-0.4, -0.2) is 51.9 Å². The number of halogens is 2. The molecule has 0 saturated carbocycles. The maximum Gasteiger partial charge on any atom is 0.264 e. The summed E-state index contributed by atoms with van der Waals surface area (Å²) in [6.07, 6.45) is 0.194. The Balaban J connectivity index is 1.79. The molecule has 0 aliphatic carbocycles. The van der Waals surface area contributed by atoms with Crippen molar-refractivity contribution in [3.8, 4) is 5.75 Å². The Morgan fingerprint density at radius 1 is 0.884 bits per heavy atom. The Bertz CT molecular complexity index is 1670. The van der Waals surface area contributed by atoms with Gasteiger partial charge in [-0.2, -0.15) is 0 Å². The average molecular weight is 641 g/mol. The molecule has 2 amide bonds. The Morgan fingerprint density at radius 3 is 2.19 bits per heavy atom. The lowest BCUT2D eigenvalue weighted by molar-refractivity contribution is -0.139. The molecule has 1 atom stereocenters. The van der Waals surface area contributed by atoms with Crippen molar-refractivity contribution < 1.29 is 22.7 Å². The molecule has 224 valence electrons. The first-order valence-electron chi connectivity index (χ1n) is 13.3. The number of ether oxygens (including phenoxy) is 1. The minimum absolute atomic E-state index is 0.0323.